The number of aryl methyl sites for hydroxylation is 1. The van der Waals surface area contributed by atoms with Crippen molar-refractivity contribution in [2.75, 3.05) is 12.4 Å². The van der Waals surface area contributed by atoms with E-state index in [2.05, 4.69) is 10.3 Å². The van der Waals surface area contributed by atoms with Gasteiger partial charge in [-0.25, -0.2) is 9.37 Å². The minimum absolute atomic E-state index is 0.179. The summed E-state index contributed by atoms with van der Waals surface area (Å²) >= 11 is 1.24. The fourth-order valence-electron chi connectivity index (χ4n) is 3.60. The third-order valence-electron chi connectivity index (χ3n) is 5.17. The maximum Gasteiger partial charge on any atom is 0.267 e. The fraction of sp³-hybridized carbons (Fsp3) is 0.120. The van der Waals surface area contributed by atoms with E-state index >= 15 is 0 Å². The molecule has 5 rings (SSSR count). The van der Waals surface area contributed by atoms with Crippen molar-refractivity contribution >= 4 is 44.9 Å². The summed E-state index contributed by atoms with van der Waals surface area (Å²) in [6.07, 6.45) is 0. The SMILES string of the molecule is COc1cc2c(cc1NC(=O)c1sc(COc3ccc(F)cc3)nc1C)oc1ccccc12. The quantitative estimate of drug-likeness (QED) is 0.319. The van der Waals surface area contributed by atoms with Crippen molar-refractivity contribution in [3.8, 4) is 11.5 Å². The monoisotopic (exact) mass is 462 g/mol. The van der Waals surface area contributed by atoms with E-state index in [1.54, 1.807) is 32.2 Å². The molecule has 0 aliphatic rings. The Morgan fingerprint density at radius 2 is 1.88 bits per heavy atom. The highest BCUT2D eigenvalue weighted by molar-refractivity contribution is 7.13. The molecule has 0 unspecified atom stereocenters. The van der Waals surface area contributed by atoms with Crippen LogP contribution in [0.15, 0.2) is 65.1 Å². The Labute approximate surface area is 192 Å². The maximum absolute atomic E-state index is 13.0. The van der Waals surface area contributed by atoms with Gasteiger partial charge < -0.3 is 19.2 Å². The number of furan rings is 1. The lowest BCUT2D eigenvalue weighted by molar-refractivity contribution is 0.102. The maximum atomic E-state index is 13.0. The van der Waals surface area contributed by atoms with Crippen LogP contribution in [0, 0.1) is 12.7 Å². The van der Waals surface area contributed by atoms with E-state index < -0.39 is 0 Å². The van der Waals surface area contributed by atoms with Crippen LogP contribution < -0.4 is 14.8 Å². The molecule has 6 nitrogen and oxygen atoms in total. The van der Waals surface area contributed by atoms with Crippen LogP contribution in [-0.4, -0.2) is 18.0 Å². The topological polar surface area (TPSA) is 73.6 Å². The van der Waals surface area contributed by atoms with Gasteiger partial charge in [-0.1, -0.05) is 18.2 Å². The first-order chi connectivity index (χ1) is 16.0. The molecule has 0 saturated carbocycles. The van der Waals surface area contributed by atoms with Crippen molar-refractivity contribution in [2.24, 2.45) is 0 Å². The number of hydrogen-bond acceptors (Lipinski definition) is 6. The number of fused-ring (bicyclic) bond motifs is 3. The average Bonchev–Trinajstić information content (AvgIpc) is 3.37. The van der Waals surface area contributed by atoms with E-state index in [9.17, 15) is 9.18 Å². The van der Waals surface area contributed by atoms with Gasteiger partial charge in [0.05, 0.1) is 18.5 Å². The summed E-state index contributed by atoms with van der Waals surface area (Å²) in [7, 11) is 1.56. The molecule has 0 fully saturated rings. The van der Waals surface area contributed by atoms with Gasteiger partial charge >= 0.3 is 0 Å². The number of benzene rings is 3. The third kappa shape index (κ3) is 4.12. The zero-order valence-electron chi connectivity index (χ0n) is 17.8. The van der Waals surface area contributed by atoms with E-state index in [0.717, 1.165) is 16.4 Å². The highest BCUT2D eigenvalue weighted by Gasteiger charge is 2.19. The molecule has 2 heterocycles. The number of carbonyl (C=O) groups excluding carboxylic acids is 1. The van der Waals surface area contributed by atoms with Crippen molar-refractivity contribution in [1.29, 1.82) is 0 Å². The minimum atomic E-state index is -0.331. The molecular weight excluding hydrogens is 443 g/mol. The summed E-state index contributed by atoms with van der Waals surface area (Å²) in [5.74, 6) is 0.429. The second-order valence-corrected chi connectivity index (χ2v) is 8.45. The second kappa shape index (κ2) is 8.55. The highest BCUT2D eigenvalue weighted by atomic mass is 32.1. The van der Waals surface area contributed by atoms with Gasteiger partial charge in [-0.3, -0.25) is 4.79 Å². The van der Waals surface area contributed by atoms with Crippen molar-refractivity contribution in [1.82, 2.24) is 4.98 Å². The molecule has 0 radical (unpaired) electrons. The lowest BCUT2D eigenvalue weighted by Crippen LogP contribution is -2.12. The molecular formula is C25H19FN2O4S. The van der Waals surface area contributed by atoms with Gasteiger partial charge in [0.1, 0.15) is 45.0 Å². The Hall–Kier alpha value is -3.91. The minimum Gasteiger partial charge on any atom is -0.495 e. The Balaban J connectivity index is 1.37. The van der Waals surface area contributed by atoms with Gasteiger partial charge in [0.2, 0.25) is 0 Å². The molecule has 8 heteroatoms. The predicted molar refractivity (Wildman–Crippen MR) is 126 cm³/mol. The number of nitrogens with zero attached hydrogens (tertiary/aromatic N) is 1. The number of carbonyl (C=O) groups is 1. The molecule has 2 aromatic heterocycles. The summed E-state index contributed by atoms with van der Waals surface area (Å²) in [5.41, 5.74) is 2.52. The van der Waals surface area contributed by atoms with Crippen LogP contribution in [0.2, 0.25) is 0 Å². The zero-order valence-corrected chi connectivity index (χ0v) is 18.7. The molecule has 1 N–H and O–H groups in total. The van der Waals surface area contributed by atoms with Crippen LogP contribution in [-0.2, 0) is 6.61 Å². The van der Waals surface area contributed by atoms with Crippen molar-refractivity contribution in [3.05, 3.63) is 82.1 Å². The molecule has 5 aromatic rings. The Bertz CT molecular complexity index is 1470. The Kier molecular flexibility index (Phi) is 5.43. The molecule has 0 aliphatic carbocycles. The number of ether oxygens (including phenoxy) is 2. The highest BCUT2D eigenvalue weighted by Crippen LogP contribution is 2.36. The van der Waals surface area contributed by atoms with Crippen LogP contribution in [0.5, 0.6) is 11.5 Å². The number of nitrogens with one attached hydrogen (secondary N) is 1. The second-order valence-electron chi connectivity index (χ2n) is 7.37. The zero-order chi connectivity index (χ0) is 22.9. The molecule has 3 aromatic carbocycles. The number of hydrogen-bond donors (Lipinski definition) is 1. The van der Waals surface area contributed by atoms with Crippen LogP contribution >= 0.6 is 11.3 Å². The number of para-hydroxylation sites is 1. The lowest BCUT2D eigenvalue weighted by Gasteiger charge is -2.10. The Morgan fingerprint density at radius 3 is 2.67 bits per heavy atom. The standard InChI is InChI=1S/C25H19FN2O4S/c1-14-24(33-23(27-14)13-31-16-9-7-15(26)8-10-16)25(29)28-19-12-21-18(11-22(19)30-2)17-5-3-4-6-20(17)32-21/h3-12H,13H2,1-2H3,(H,28,29). The third-order valence-corrected chi connectivity index (χ3v) is 6.30. The van der Waals surface area contributed by atoms with Gasteiger partial charge in [-0.2, -0.15) is 0 Å². The van der Waals surface area contributed by atoms with Crippen molar-refractivity contribution < 1.29 is 23.1 Å². The number of methoxy groups -OCH3 is 1. The first-order valence-electron chi connectivity index (χ1n) is 10.2. The number of thiazole rings is 1. The van der Waals surface area contributed by atoms with Gasteiger partial charge in [0, 0.05) is 16.8 Å². The molecule has 0 bridgehead atoms. The van der Waals surface area contributed by atoms with Gasteiger partial charge in [-0.05, 0) is 43.3 Å². The van der Waals surface area contributed by atoms with Gasteiger partial charge in [0.25, 0.3) is 5.91 Å². The fourth-order valence-corrected chi connectivity index (χ4v) is 4.47. The number of aromatic nitrogens is 1. The molecule has 0 spiro atoms. The first kappa shape index (κ1) is 21.0. The molecule has 166 valence electrons. The van der Waals surface area contributed by atoms with E-state index in [1.165, 1.54) is 23.5 Å². The predicted octanol–water partition coefficient (Wildman–Crippen LogP) is 6.33. The average molecular weight is 463 g/mol. The molecule has 0 atom stereocenters. The summed E-state index contributed by atoms with van der Waals surface area (Å²) in [4.78, 5) is 17.9. The molecule has 0 saturated heterocycles. The summed E-state index contributed by atoms with van der Waals surface area (Å²) in [5, 5.41) is 5.44. The van der Waals surface area contributed by atoms with Crippen molar-refractivity contribution in [2.45, 2.75) is 13.5 Å². The number of anilines is 1. The van der Waals surface area contributed by atoms with Crippen LogP contribution in [0.3, 0.4) is 0 Å². The van der Waals surface area contributed by atoms with E-state index in [1.807, 2.05) is 30.3 Å². The van der Waals surface area contributed by atoms with Gasteiger partial charge in [0.15, 0.2) is 0 Å². The smallest absolute Gasteiger partial charge is 0.267 e. The summed E-state index contributed by atoms with van der Waals surface area (Å²) in [6.45, 7) is 1.95. The summed E-state index contributed by atoms with van der Waals surface area (Å²) in [6, 6.07) is 17.1. The van der Waals surface area contributed by atoms with Crippen LogP contribution in [0.1, 0.15) is 20.4 Å². The van der Waals surface area contributed by atoms with Crippen molar-refractivity contribution in [3.63, 3.8) is 0 Å². The molecule has 1 amide bonds. The largest absolute Gasteiger partial charge is 0.495 e. The number of halogens is 1. The molecule has 0 aliphatic heterocycles. The lowest BCUT2D eigenvalue weighted by atomic mass is 10.1. The van der Waals surface area contributed by atoms with Crippen LogP contribution in [0.25, 0.3) is 21.9 Å². The first-order valence-corrected chi connectivity index (χ1v) is 11.0. The van der Waals surface area contributed by atoms with E-state index in [0.29, 0.717) is 38.3 Å². The van der Waals surface area contributed by atoms with E-state index in [4.69, 9.17) is 13.9 Å². The molecule has 33 heavy (non-hydrogen) atoms. The number of amides is 1. The normalized spacial score (nSPS) is 11.1. The van der Waals surface area contributed by atoms with E-state index in [-0.39, 0.29) is 18.3 Å². The van der Waals surface area contributed by atoms with Crippen LogP contribution in [0.4, 0.5) is 10.1 Å². The Morgan fingerprint density at radius 1 is 1.09 bits per heavy atom. The van der Waals surface area contributed by atoms with Gasteiger partial charge in [-0.15, -0.1) is 11.3 Å². The number of rotatable bonds is 6. The summed E-state index contributed by atoms with van der Waals surface area (Å²) < 4.78 is 30.1.